The van der Waals surface area contributed by atoms with Gasteiger partial charge in [-0.2, -0.15) is 10.2 Å². The van der Waals surface area contributed by atoms with Crippen LogP contribution in [0.1, 0.15) is 5.82 Å². The topological polar surface area (TPSA) is 58.0 Å². The fourth-order valence-corrected chi connectivity index (χ4v) is 2.68. The van der Waals surface area contributed by atoms with Gasteiger partial charge in [-0.3, -0.25) is 15.1 Å². The molecule has 17 heavy (non-hydrogen) atoms. The Kier molecular flexibility index (Phi) is 2.69. The van der Waals surface area contributed by atoms with Crippen LogP contribution in [0.5, 0.6) is 0 Å². The van der Waals surface area contributed by atoms with Crippen molar-refractivity contribution in [3.63, 3.8) is 0 Å². The van der Waals surface area contributed by atoms with Gasteiger partial charge in [-0.1, -0.05) is 30.0 Å². The number of H-pyrrole nitrogens is 1. The minimum atomic E-state index is 0.636. The molecular formula is C10H9N5S2. The van der Waals surface area contributed by atoms with Crippen LogP contribution in [0.2, 0.25) is 0 Å². The number of nitrogens with zero attached hydrogens (tertiary/aromatic N) is 3. The zero-order chi connectivity index (χ0) is 11.7. The number of hydrogen-bond acceptors (Lipinski definition) is 5. The fraction of sp³-hybridized carbons (Fsp3) is 0.100. The highest BCUT2D eigenvalue weighted by Gasteiger charge is 2.21. The van der Waals surface area contributed by atoms with E-state index < -0.39 is 0 Å². The first-order chi connectivity index (χ1) is 8.34. The predicted octanol–water partition coefficient (Wildman–Crippen LogP) is 2.42. The van der Waals surface area contributed by atoms with E-state index in [1.54, 1.807) is 11.8 Å². The second-order valence-electron chi connectivity index (χ2n) is 3.45. The third kappa shape index (κ3) is 1.98. The van der Waals surface area contributed by atoms with Gasteiger partial charge in [-0.25, -0.2) is 0 Å². The molecular weight excluding hydrogens is 254 g/mol. The summed E-state index contributed by atoms with van der Waals surface area (Å²) in [4.78, 5) is 0. The minimum Gasteiger partial charge on any atom is -0.288 e. The molecule has 0 radical (unpaired) electrons. The molecule has 7 heteroatoms. The summed E-state index contributed by atoms with van der Waals surface area (Å²) < 4.78 is 2.56. The number of hydrazone groups is 1. The SMILES string of the molecule is S=c1[nH]nc2n1CS/C2=N/Nc1ccccc1. The Morgan fingerprint density at radius 2 is 2.24 bits per heavy atom. The lowest BCUT2D eigenvalue weighted by atomic mass is 10.3. The summed E-state index contributed by atoms with van der Waals surface area (Å²) in [6, 6.07) is 9.80. The van der Waals surface area contributed by atoms with Gasteiger partial charge in [0.15, 0.2) is 15.6 Å². The van der Waals surface area contributed by atoms with Crippen molar-refractivity contribution in [3.8, 4) is 0 Å². The van der Waals surface area contributed by atoms with Crippen LogP contribution in [0.15, 0.2) is 35.4 Å². The standard InChI is InChI=1S/C10H9N5S2/c16-10-14-12-8-9(17-6-15(8)10)13-11-7-4-2-1-3-5-7/h1-5,11H,6H2,(H,14,16)/b13-9+. The molecule has 1 aliphatic rings. The smallest absolute Gasteiger partial charge is 0.196 e. The molecule has 1 aliphatic heterocycles. The van der Waals surface area contributed by atoms with Gasteiger partial charge in [0.25, 0.3) is 0 Å². The Balaban J connectivity index is 1.85. The van der Waals surface area contributed by atoms with Crippen molar-refractivity contribution in [2.75, 3.05) is 5.43 Å². The van der Waals surface area contributed by atoms with Crippen molar-refractivity contribution in [1.29, 1.82) is 0 Å². The molecule has 0 saturated carbocycles. The van der Waals surface area contributed by atoms with E-state index in [9.17, 15) is 0 Å². The molecule has 0 bridgehead atoms. The molecule has 0 aliphatic carbocycles. The minimum absolute atomic E-state index is 0.636. The van der Waals surface area contributed by atoms with E-state index in [1.165, 1.54) is 0 Å². The zero-order valence-electron chi connectivity index (χ0n) is 8.75. The average molecular weight is 263 g/mol. The Hall–Kier alpha value is -1.60. The first-order valence-electron chi connectivity index (χ1n) is 5.02. The molecule has 2 heterocycles. The first-order valence-corrected chi connectivity index (χ1v) is 6.41. The Labute approximate surface area is 107 Å². The van der Waals surface area contributed by atoms with Crippen LogP contribution in [0, 0.1) is 4.77 Å². The fourth-order valence-electron chi connectivity index (χ4n) is 1.50. The molecule has 5 nitrogen and oxygen atoms in total. The second-order valence-corrected chi connectivity index (χ2v) is 4.77. The Bertz CT molecular complexity index is 613. The van der Waals surface area contributed by atoms with Crippen molar-refractivity contribution in [2.45, 2.75) is 5.88 Å². The summed E-state index contributed by atoms with van der Waals surface area (Å²) in [5.41, 5.74) is 3.95. The Morgan fingerprint density at radius 1 is 1.41 bits per heavy atom. The highest BCUT2D eigenvalue weighted by atomic mass is 32.2. The maximum Gasteiger partial charge on any atom is 0.196 e. The lowest BCUT2D eigenvalue weighted by Gasteiger charge is -1.99. The third-order valence-corrected chi connectivity index (χ3v) is 3.59. The van der Waals surface area contributed by atoms with E-state index in [0.29, 0.717) is 4.77 Å². The van der Waals surface area contributed by atoms with E-state index in [2.05, 4.69) is 20.7 Å². The van der Waals surface area contributed by atoms with Gasteiger partial charge < -0.3 is 0 Å². The van der Waals surface area contributed by atoms with Crippen LogP contribution in [-0.4, -0.2) is 19.8 Å². The zero-order valence-corrected chi connectivity index (χ0v) is 10.4. The van der Waals surface area contributed by atoms with Crippen LogP contribution >= 0.6 is 24.0 Å². The number of aromatic amines is 1. The van der Waals surface area contributed by atoms with Crippen LogP contribution in [0.4, 0.5) is 5.69 Å². The molecule has 1 aromatic carbocycles. The summed E-state index contributed by atoms with van der Waals surface area (Å²) in [7, 11) is 0. The molecule has 3 rings (SSSR count). The molecule has 0 spiro atoms. The van der Waals surface area contributed by atoms with Gasteiger partial charge in [0, 0.05) is 0 Å². The van der Waals surface area contributed by atoms with Crippen molar-refractivity contribution in [1.82, 2.24) is 14.8 Å². The quantitative estimate of drug-likeness (QED) is 0.645. The number of thioether (sulfide) groups is 1. The predicted molar refractivity (Wildman–Crippen MR) is 71.6 cm³/mol. The van der Waals surface area contributed by atoms with Gasteiger partial charge in [0.05, 0.1) is 11.6 Å². The lowest BCUT2D eigenvalue weighted by molar-refractivity contribution is 0.876. The third-order valence-electron chi connectivity index (χ3n) is 2.34. The summed E-state index contributed by atoms with van der Waals surface area (Å²) in [5, 5.41) is 12.1. The summed E-state index contributed by atoms with van der Waals surface area (Å²) in [6.45, 7) is 0. The van der Waals surface area contributed by atoms with E-state index >= 15 is 0 Å². The number of nitrogens with one attached hydrogen (secondary N) is 2. The van der Waals surface area contributed by atoms with Gasteiger partial charge in [-0.05, 0) is 24.4 Å². The lowest BCUT2D eigenvalue weighted by Crippen LogP contribution is -1.99. The number of fused-ring (bicyclic) bond motifs is 1. The van der Waals surface area contributed by atoms with Crippen molar-refractivity contribution in [2.24, 2.45) is 5.10 Å². The number of aromatic nitrogens is 3. The number of hydrogen-bond donors (Lipinski definition) is 2. The molecule has 0 atom stereocenters. The highest BCUT2D eigenvalue weighted by molar-refractivity contribution is 8.13. The summed E-state index contributed by atoms with van der Waals surface area (Å²) in [6.07, 6.45) is 0. The number of anilines is 1. The largest absolute Gasteiger partial charge is 0.288 e. The van der Waals surface area contributed by atoms with Gasteiger partial charge in [-0.15, -0.1) is 0 Å². The maximum atomic E-state index is 5.10. The van der Waals surface area contributed by atoms with Crippen LogP contribution < -0.4 is 5.43 Å². The van der Waals surface area contributed by atoms with Crippen molar-refractivity contribution in [3.05, 3.63) is 40.9 Å². The molecule has 2 aromatic rings. The summed E-state index contributed by atoms with van der Waals surface area (Å²) in [5.74, 6) is 1.56. The molecule has 1 aromatic heterocycles. The number of benzene rings is 1. The normalized spacial score (nSPS) is 16.1. The average Bonchev–Trinajstić information content (AvgIpc) is 2.92. The monoisotopic (exact) mass is 263 g/mol. The molecule has 0 fully saturated rings. The number of para-hydroxylation sites is 1. The molecule has 0 saturated heterocycles. The first kappa shape index (κ1) is 10.5. The molecule has 0 unspecified atom stereocenters. The molecule has 86 valence electrons. The van der Waals surface area contributed by atoms with E-state index in [1.807, 2.05) is 34.9 Å². The van der Waals surface area contributed by atoms with Crippen molar-refractivity contribution < 1.29 is 0 Å². The highest BCUT2D eigenvalue weighted by Crippen LogP contribution is 2.23. The van der Waals surface area contributed by atoms with Gasteiger partial charge in [0.2, 0.25) is 0 Å². The van der Waals surface area contributed by atoms with E-state index in [0.717, 1.165) is 22.4 Å². The van der Waals surface area contributed by atoms with Gasteiger partial charge in [0.1, 0.15) is 0 Å². The van der Waals surface area contributed by atoms with E-state index in [4.69, 9.17) is 12.2 Å². The second kappa shape index (κ2) is 4.34. The maximum absolute atomic E-state index is 5.10. The van der Waals surface area contributed by atoms with Crippen molar-refractivity contribution >= 4 is 34.7 Å². The molecule has 2 N–H and O–H groups in total. The number of rotatable bonds is 2. The van der Waals surface area contributed by atoms with Crippen LogP contribution in [0.3, 0.4) is 0 Å². The Morgan fingerprint density at radius 3 is 3.06 bits per heavy atom. The van der Waals surface area contributed by atoms with Gasteiger partial charge >= 0.3 is 0 Å². The van der Waals surface area contributed by atoms with Crippen LogP contribution in [0.25, 0.3) is 0 Å². The summed E-state index contributed by atoms with van der Waals surface area (Å²) >= 11 is 6.71. The van der Waals surface area contributed by atoms with Crippen LogP contribution in [-0.2, 0) is 5.88 Å². The van der Waals surface area contributed by atoms with E-state index in [-0.39, 0.29) is 0 Å². The molecule has 0 amide bonds.